The molecule has 1 unspecified atom stereocenters. The molecule has 1 atom stereocenters. The number of non-ortho nitro benzene ring substituents is 1. The molecule has 0 aromatic heterocycles. The van der Waals surface area contributed by atoms with Gasteiger partial charge in [-0.25, -0.2) is 0 Å². The summed E-state index contributed by atoms with van der Waals surface area (Å²) < 4.78 is 10.9. The highest BCUT2D eigenvalue weighted by molar-refractivity contribution is 6.48. The standard InChI is InChI=1S/C17H23N3O5Si/c1-13(11-19-18)12-24-17(21)9-8-16(25-26(2)3)10-14-4-6-15(7-5-14)20(22)23/h4-8,11,13,26H,9-10,12H2,1-3H3. The van der Waals surface area contributed by atoms with Crippen LogP contribution in [-0.2, 0) is 20.4 Å². The van der Waals surface area contributed by atoms with Gasteiger partial charge in [-0.15, -0.1) is 0 Å². The molecule has 0 aliphatic heterocycles. The number of carbonyl (C=O) groups excluding carboxylic acids is 1. The third-order valence-corrected chi connectivity index (χ3v) is 4.01. The van der Waals surface area contributed by atoms with Gasteiger partial charge in [0.1, 0.15) is 6.61 Å². The molecule has 0 N–H and O–H groups in total. The molecule has 0 saturated carbocycles. The Bertz CT molecular complexity index is 697. The van der Waals surface area contributed by atoms with Crippen molar-refractivity contribution >= 4 is 26.9 Å². The van der Waals surface area contributed by atoms with Gasteiger partial charge in [0.05, 0.1) is 23.0 Å². The molecule has 0 spiro atoms. The minimum Gasteiger partial charge on any atom is -0.550 e. The predicted molar refractivity (Wildman–Crippen MR) is 99.3 cm³/mol. The molecule has 0 aliphatic rings. The van der Waals surface area contributed by atoms with Gasteiger partial charge >= 0.3 is 5.97 Å². The fourth-order valence-electron chi connectivity index (χ4n) is 2.04. The maximum Gasteiger partial charge on any atom is 0.309 e. The van der Waals surface area contributed by atoms with Gasteiger partial charge in [-0.2, -0.15) is 4.79 Å². The number of hydrogen-bond acceptors (Lipinski definition) is 5. The van der Waals surface area contributed by atoms with E-state index in [2.05, 4.69) is 4.79 Å². The van der Waals surface area contributed by atoms with Crippen molar-refractivity contribution in [2.75, 3.05) is 6.61 Å². The zero-order valence-electron chi connectivity index (χ0n) is 15.1. The second-order valence-electron chi connectivity index (χ2n) is 6.07. The number of nitro benzene ring substituents is 1. The van der Waals surface area contributed by atoms with Gasteiger partial charge in [-0.1, -0.05) is 12.1 Å². The summed E-state index contributed by atoms with van der Waals surface area (Å²) >= 11 is 0. The smallest absolute Gasteiger partial charge is 0.309 e. The normalized spacial score (nSPS) is 12.2. The lowest BCUT2D eigenvalue weighted by Gasteiger charge is -2.14. The number of rotatable bonds is 10. The first-order chi connectivity index (χ1) is 12.3. The number of allylic oxidation sites excluding steroid dienone is 1. The first-order valence-electron chi connectivity index (χ1n) is 8.24. The number of esters is 1. The van der Waals surface area contributed by atoms with E-state index in [-0.39, 0.29) is 24.6 Å². The van der Waals surface area contributed by atoms with Crippen LogP contribution in [-0.4, -0.2) is 37.5 Å². The number of ether oxygens (including phenoxy) is 1. The maximum absolute atomic E-state index is 11.8. The Morgan fingerprint density at radius 2 is 2.04 bits per heavy atom. The first kappa shape index (κ1) is 21.3. The van der Waals surface area contributed by atoms with Gasteiger partial charge in [0.15, 0.2) is 0 Å². The number of carbonyl (C=O) groups is 1. The molecule has 140 valence electrons. The Hall–Kier alpha value is -2.77. The lowest BCUT2D eigenvalue weighted by molar-refractivity contribution is -0.384. The highest BCUT2D eigenvalue weighted by atomic mass is 28.3. The molecule has 0 fully saturated rings. The monoisotopic (exact) mass is 377 g/mol. The van der Waals surface area contributed by atoms with E-state index in [1.54, 1.807) is 25.1 Å². The topological polar surface area (TPSA) is 115 Å². The number of nitro groups is 1. The van der Waals surface area contributed by atoms with E-state index in [4.69, 9.17) is 14.7 Å². The third-order valence-electron chi connectivity index (χ3n) is 3.24. The van der Waals surface area contributed by atoms with E-state index in [0.717, 1.165) is 5.56 Å². The van der Waals surface area contributed by atoms with Crippen molar-refractivity contribution in [3.05, 3.63) is 57.3 Å². The summed E-state index contributed by atoms with van der Waals surface area (Å²) in [7, 11) is -1.37. The van der Waals surface area contributed by atoms with E-state index < -0.39 is 19.9 Å². The summed E-state index contributed by atoms with van der Waals surface area (Å²) in [6.07, 6.45) is 3.48. The summed E-state index contributed by atoms with van der Waals surface area (Å²) in [4.78, 5) is 25.0. The molecule has 0 bridgehead atoms. The molecular weight excluding hydrogens is 354 g/mol. The second kappa shape index (κ2) is 11.0. The van der Waals surface area contributed by atoms with Crippen molar-refractivity contribution in [2.24, 2.45) is 5.92 Å². The van der Waals surface area contributed by atoms with Gasteiger partial charge < -0.3 is 14.7 Å². The Labute approximate surface area is 153 Å². The molecular formula is C17H23N3O5Si. The highest BCUT2D eigenvalue weighted by Crippen LogP contribution is 2.16. The molecule has 0 heterocycles. The van der Waals surface area contributed by atoms with Crippen LogP contribution >= 0.6 is 0 Å². The molecule has 0 saturated heterocycles. The molecule has 1 aromatic carbocycles. The van der Waals surface area contributed by atoms with Crippen molar-refractivity contribution in [2.45, 2.75) is 32.9 Å². The van der Waals surface area contributed by atoms with Crippen LogP contribution in [0.2, 0.25) is 13.1 Å². The lowest BCUT2D eigenvalue weighted by atomic mass is 10.1. The molecule has 26 heavy (non-hydrogen) atoms. The number of nitrogens with zero attached hydrogens (tertiary/aromatic N) is 3. The zero-order valence-corrected chi connectivity index (χ0v) is 16.3. The van der Waals surface area contributed by atoms with Gasteiger partial charge in [0.2, 0.25) is 9.04 Å². The van der Waals surface area contributed by atoms with Crippen LogP contribution in [0.4, 0.5) is 5.69 Å². The first-order valence-corrected chi connectivity index (χ1v) is 11.0. The van der Waals surface area contributed by atoms with Crippen LogP contribution in [0.15, 0.2) is 36.1 Å². The molecule has 1 aromatic rings. The molecule has 0 amide bonds. The van der Waals surface area contributed by atoms with Crippen LogP contribution in [0.5, 0.6) is 0 Å². The van der Waals surface area contributed by atoms with Gasteiger partial charge in [0.25, 0.3) is 11.9 Å². The predicted octanol–water partition coefficient (Wildman–Crippen LogP) is 2.89. The van der Waals surface area contributed by atoms with Crippen LogP contribution in [0.1, 0.15) is 18.9 Å². The zero-order chi connectivity index (χ0) is 19.5. The Morgan fingerprint density at radius 1 is 1.38 bits per heavy atom. The third kappa shape index (κ3) is 8.36. The van der Waals surface area contributed by atoms with Crippen molar-refractivity contribution in [3.63, 3.8) is 0 Å². The van der Waals surface area contributed by atoms with Crippen molar-refractivity contribution in [1.82, 2.24) is 0 Å². The minimum atomic E-state index is -1.37. The largest absolute Gasteiger partial charge is 0.550 e. The van der Waals surface area contributed by atoms with E-state index in [9.17, 15) is 14.9 Å². The molecule has 9 heteroatoms. The maximum atomic E-state index is 11.8. The quantitative estimate of drug-likeness (QED) is 0.0908. The van der Waals surface area contributed by atoms with Crippen molar-refractivity contribution in [1.29, 1.82) is 0 Å². The average Bonchev–Trinajstić information content (AvgIpc) is 2.58. The van der Waals surface area contributed by atoms with Crippen LogP contribution in [0.3, 0.4) is 0 Å². The fourth-order valence-corrected chi connectivity index (χ4v) is 2.82. The molecule has 0 aliphatic carbocycles. The Morgan fingerprint density at radius 3 is 2.58 bits per heavy atom. The van der Waals surface area contributed by atoms with Crippen molar-refractivity contribution < 1.29 is 23.7 Å². The second-order valence-corrected chi connectivity index (χ2v) is 8.40. The van der Waals surface area contributed by atoms with E-state index >= 15 is 0 Å². The summed E-state index contributed by atoms with van der Waals surface area (Å²) in [5.74, 6) is 0.0766. The summed E-state index contributed by atoms with van der Waals surface area (Å²) in [5.41, 5.74) is 9.31. The van der Waals surface area contributed by atoms with Crippen molar-refractivity contribution in [3.8, 4) is 0 Å². The molecule has 0 radical (unpaired) electrons. The SMILES string of the molecule is CC(C=[N+]=[N-])COC(=O)CC=C(Cc1ccc([N+](=O)[O-])cc1)O[SiH](C)C. The van der Waals surface area contributed by atoms with E-state index in [0.29, 0.717) is 12.2 Å². The lowest BCUT2D eigenvalue weighted by Crippen LogP contribution is -2.13. The Kier molecular flexibility index (Phi) is 8.97. The van der Waals surface area contributed by atoms with Gasteiger partial charge in [-0.05, 0) is 31.7 Å². The summed E-state index contributed by atoms with van der Waals surface area (Å²) in [6.45, 7) is 5.92. The molecule has 8 nitrogen and oxygen atoms in total. The summed E-state index contributed by atoms with van der Waals surface area (Å²) in [5, 5.41) is 10.7. The average molecular weight is 377 g/mol. The van der Waals surface area contributed by atoms with Crippen LogP contribution in [0.25, 0.3) is 5.53 Å². The molecule has 1 rings (SSSR count). The van der Waals surface area contributed by atoms with Crippen LogP contribution < -0.4 is 0 Å². The van der Waals surface area contributed by atoms with E-state index in [1.165, 1.54) is 18.3 Å². The number of hydrogen-bond donors (Lipinski definition) is 0. The van der Waals surface area contributed by atoms with Gasteiger partial charge in [0, 0.05) is 18.6 Å². The fraction of sp³-hybridized carbons (Fsp3) is 0.412. The number of benzene rings is 1. The van der Waals surface area contributed by atoms with Crippen LogP contribution in [0, 0.1) is 16.0 Å². The minimum absolute atomic E-state index is 0.0301. The van der Waals surface area contributed by atoms with Gasteiger partial charge in [-0.3, -0.25) is 14.9 Å². The highest BCUT2D eigenvalue weighted by Gasteiger charge is 2.11. The summed E-state index contributed by atoms with van der Waals surface area (Å²) in [6, 6.07) is 6.23. The van der Waals surface area contributed by atoms with E-state index in [1.807, 2.05) is 13.1 Å². The Balaban J connectivity index is 2.69.